The molecule has 0 aromatic heterocycles. The number of benzene rings is 1. The van der Waals surface area contributed by atoms with E-state index in [-0.39, 0.29) is 30.4 Å². The van der Waals surface area contributed by atoms with E-state index in [0.717, 1.165) is 5.56 Å². The van der Waals surface area contributed by atoms with Crippen LogP contribution in [0.3, 0.4) is 0 Å². The van der Waals surface area contributed by atoms with Gasteiger partial charge in [0.2, 0.25) is 5.91 Å². The van der Waals surface area contributed by atoms with Gasteiger partial charge < -0.3 is 9.80 Å². The molecule has 2 amide bonds. The molecule has 0 radical (unpaired) electrons. The minimum absolute atomic E-state index is 0.0377. The maximum absolute atomic E-state index is 12.2. The second kappa shape index (κ2) is 8.49. The van der Waals surface area contributed by atoms with Crippen LogP contribution < -0.4 is 0 Å². The number of halogens is 2. The second-order valence-corrected chi connectivity index (χ2v) is 6.89. The number of alkyl halides is 2. The molecule has 1 aromatic rings. The first-order valence-electron chi connectivity index (χ1n) is 7.83. The average Bonchev–Trinajstić information content (AvgIpc) is 2.59. The Morgan fingerprint density at radius 1 is 0.958 bits per heavy atom. The van der Waals surface area contributed by atoms with Crippen LogP contribution in [0.2, 0.25) is 0 Å². The number of ketones is 1. The Labute approximate surface area is 151 Å². The number of hydrogen-bond acceptors (Lipinski definition) is 3. The fourth-order valence-corrected chi connectivity index (χ4v) is 2.85. The van der Waals surface area contributed by atoms with Crippen molar-refractivity contribution in [2.45, 2.75) is 24.6 Å². The lowest BCUT2D eigenvalue weighted by atomic mass is 10.0. The predicted molar refractivity (Wildman–Crippen MR) is 93.4 cm³/mol. The van der Waals surface area contributed by atoms with Crippen LogP contribution in [-0.2, 0) is 9.59 Å². The van der Waals surface area contributed by atoms with Crippen LogP contribution in [0, 0.1) is 6.92 Å². The van der Waals surface area contributed by atoms with Crippen molar-refractivity contribution in [1.82, 2.24) is 9.80 Å². The summed E-state index contributed by atoms with van der Waals surface area (Å²) >= 11 is 11.1. The summed E-state index contributed by atoms with van der Waals surface area (Å²) in [6.45, 7) is 3.64. The minimum Gasteiger partial charge on any atom is -0.339 e. The molecular weight excluding hydrogens is 351 g/mol. The van der Waals surface area contributed by atoms with Crippen LogP contribution >= 0.6 is 23.2 Å². The van der Waals surface area contributed by atoms with Crippen molar-refractivity contribution in [2.75, 3.05) is 26.2 Å². The molecule has 1 heterocycles. The number of hydrogen-bond donors (Lipinski definition) is 0. The van der Waals surface area contributed by atoms with E-state index in [2.05, 4.69) is 0 Å². The Morgan fingerprint density at radius 3 is 2.04 bits per heavy atom. The zero-order valence-corrected chi connectivity index (χ0v) is 15.0. The molecule has 2 rings (SSSR count). The number of carbonyl (C=O) groups excluding carboxylic acids is 3. The summed E-state index contributed by atoms with van der Waals surface area (Å²) in [5, 5.41) is 0. The van der Waals surface area contributed by atoms with Gasteiger partial charge in [-0.2, -0.15) is 0 Å². The molecule has 0 N–H and O–H groups in total. The number of rotatable bonds is 5. The highest BCUT2D eigenvalue weighted by molar-refractivity contribution is 6.53. The number of piperazine rings is 1. The Kier molecular flexibility index (Phi) is 6.63. The van der Waals surface area contributed by atoms with E-state index in [1.165, 1.54) is 0 Å². The Morgan fingerprint density at radius 2 is 1.50 bits per heavy atom. The highest BCUT2D eigenvalue weighted by atomic mass is 35.5. The molecule has 0 atom stereocenters. The second-order valence-electron chi connectivity index (χ2n) is 5.80. The summed E-state index contributed by atoms with van der Waals surface area (Å²) in [4.78, 5) is 38.2. The van der Waals surface area contributed by atoms with E-state index in [9.17, 15) is 14.4 Å². The van der Waals surface area contributed by atoms with Crippen molar-refractivity contribution in [1.29, 1.82) is 0 Å². The van der Waals surface area contributed by atoms with E-state index < -0.39 is 4.84 Å². The van der Waals surface area contributed by atoms with Crippen molar-refractivity contribution in [2.24, 2.45) is 0 Å². The largest absolute Gasteiger partial charge is 0.339 e. The highest BCUT2D eigenvalue weighted by Gasteiger charge is 2.27. The van der Waals surface area contributed by atoms with Crippen molar-refractivity contribution >= 4 is 40.8 Å². The van der Waals surface area contributed by atoms with Crippen LogP contribution in [-0.4, -0.2) is 58.4 Å². The molecule has 0 bridgehead atoms. The number of nitrogens with zero attached hydrogens (tertiary/aromatic N) is 2. The van der Waals surface area contributed by atoms with Crippen LogP contribution in [0.1, 0.15) is 28.8 Å². The van der Waals surface area contributed by atoms with Crippen LogP contribution in [0.15, 0.2) is 24.3 Å². The van der Waals surface area contributed by atoms with Crippen molar-refractivity contribution in [3.8, 4) is 0 Å². The lowest BCUT2D eigenvalue weighted by Crippen LogP contribution is -2.51. The Hall–Kier alpha value is -1.59. The molecule has 1 aliphatic rings. The maximum atomic E-state index is 12.2. The molecule has 0 aliphatic carbocycles. The molecule has 5 nitrogen and oxygen atoms in total. The first-order chi connectivity index (χ1) is 11.4. The van der Waals surface area contributed by atoms with Crippen molar-refractivity contribution in [3.05, 3.63) is 35.4 Å². The van der Waals surface area contributed by atoms with E-state index in [1.54, 1.807) is 21.9 Å². The topological polar surface area (TPSA) is 57.7 Å². The first-order valence-corrected chi connectivity index (χ1v) is 8.70. The Balaban J connectivity index is 1.78. The van der Waals surface area contributed by atoms with Crippen molar-refractivity contribution < 1.29 is 14.4 Å². The standard InChI is InChI=1S/C17H20Cl2N2O3/c1-12-2-4-13(5-3-12)14(22)6-7-15(23)20-8-10-21(11-9-20)17(24)16(18)19/h2-5,16H,6-11H2,1H3. The summed E-state index contributed by atoms with van der Waals surface area (Å²) in [5.41, 5.74) is 1.71. The Bertz CT molecular complexity index is 609. The van der Waals surface area contributed by atoms with Crippen LogP contribution in [0.4, 0.5) is 0 Å². The maximum Gasteiger partial charge on any atom is 0.255 e. The molecule has 7 heteroatoms. The third kappa shape index (κ3) is 4.95. The molecule has 0 unspecified atom stereocenters. The van der Waals surface area contributed by atoms with Gasteiger partial charge in [0.1, 0.15) is 0 Å². The first kappa shape index (κ1) is 18.7. The van der Waals surface area contributed by atoms with E-state index in [1.807, 2.05) is 19.1 Å². The van der Waals surface area contributed by atoms with Gasteiger partial charge in [-0.25, -0.2) is 0 Å². The third-order valence-electron chi connectivity index (χ3n) is 4.07. The molecular formula is C17H20Cl2N2O3. The molecule has 1 saturated heterocycles. The zero-order chi connectivity index (χ0) is 17.7. The van der Waals surface area contributed by atoms with Gasteiger partial charge in [-0.05, 0) is 6.92 Å². The van der Waals surface area contributed by atoms with Gasteiger partial charge in [0.25, 0.3) is 5.91 Å². The van der Waals surface area contributed by atoms with Crippen molar-refractivity contribution in [3.63, 3.8) is 0 Å². The highest BCUT2D eigenvalue weighted by Crippen LogP contribution is 2.13. The van der Waals surface area contributed by atoms with Gasteiger partial charge in [0, 0.05) is 44.6 Å². The van der Waals surface area contributed by atoms with Gasteiger partial charge in [-0.3, -0.25) is 14.4 Å². The number of carbonyl (C=O) groups is 3. The smallest absolute Gasteiger partial charge is 0.255 e. The van der Waals surface area contributed by atoms with Crippen LogP contribution in [0.25, 0.3) is 0 Å². The molecule has 1 aromatic carbocycles. The average molecular weight is 371 g/mol. The monoisotopic (exact) mass is 370 g/mol. The molecule has 24 heavy (non-hydrogen) atoms. The number of Topliss-reactive ketones (excluding diaryl/α,β-unsaturated/α-hetero) is 1. The lowest BCUT2D eigenvalue weighted by Gasteiger charge is -2.35. The quantitative estimate of drug-likeness (QED) is 0.590. The minimum atomic E-state index is -1.07. The number of aryl methyl sites for hydroxylation is 1. The fraction of sp³-hybridized carbons (Fsp3) is 0.471. The fourth-order valence-electron chi connectivity index (χ4n) is 2.58. The summed E-state index contributed by atoms with van der Waals surface area (Å²) in [6, 6.07) is 7.32. The summed E-state index contributed by atoms with van der Waals surface area (Å²) < 4.78 is 0. The molecule has 1 aliphatic heterocycles. The van der Waals surface area contributed by atoms with E-state index in [0.29, 0.717) is 31.7 Å². The van der Waals surface area contributed by atoms with E-state index >= 15 is 0 Å². The molecule has 130 valence electrons. The summed E-state index contributed by atoms with van der Waals surface area (Å²) in [5.74, 6) is -0.444. The van der Waals surface area contributed by atoms with Crippen LogP contribution in [0.5, 0.6) is 0 Å². The number of amides is 2. The predicted octanol–water partition coefficient (Wildman–Crippen LogP) is 2.43. The normalized spacial score (nSPS) is 14.8. The van der Waals surface area contributed by atoms with Gasteiger partial charge >= 0.3 is 0 Å². The SMILES string of the molecule is Cc1ccc(C(=O)CCC(=O)N2CCN(C(=O)C(Cl)Cl)CC2)cc1. The lowest BCUT2D eigenvalue weighted by molar-refractivity contribution is -0.138. The molecule has 0 spiro atoms. The van der Waals surface area contributed by atoms with Gasteiger partial charge in [-0.15, -0.1) is 0 Å². The summed E-state index contributed by atoms with van der Waals surface area (Å²) in [7, 11) is 0. The van der Waals surface area contributed by atoms with E-state index in [4.69, 9.17) is 23.2 Å². The molecule has 0 saturated carbocycles. The summed E-state index contributed by atoms with van der Waals surface area (Å²) in [6.07, 6.45) is 0.362. The van der Waals surface area contributed by atoms with Gasteiger partial charge in [0.15, 0.2) is 10.6 Å². The molecule has 1 fully saturated rings. The van der Waals surface area contributed by atoms with Gasteiger partial charge in [0.05, 0.1) is 0 Å². The third-order valence-corrected chi connectivity index (χ3v) is 4.44. The van der Waals surface area contributed by atoms with Gasteiger partial charge in [-0.1, -0.05) is 53.0 Å². The zero-order valence-electron chi connectivity index (χ0n) is 13.5.